The van der Waals surface area contributed by atoms with Crippen molar-refractivity contribution in [3.05, 3.63) is 96.1 Å². The van der Waals surface area contributed by atoms with Crippen LogP contribution in [0.5, 0.6) is 5.75 Å². The average Bonchev–Trinajstić information content (AvgIpc) is 3.39. The fraction of sp³-hybridized carbons (Fsp3) is 0.281. The molecule has 2 aliphatic carbocycles. The van der Waals surface area contributed by atoms with Crippen molar-refractivity contribution in [3.8, 4) is 5.75 Å². The number of para-hydroxylation sites is 2. The Bertz CT molecular complexity index is 1460. The van der Waals surface area contributed by atoms with E-state index in [1.54, 1.807) is 18.2 Å². The van der Waals surface area contributed by atoms with E-state index in [0.29, 0.717) is 24.3 Å². The molecule has 4 atom stereocenters. The van der Waals surface area contributed by atoms with Crippen LogP contribution in [0, 0.1) is 22.7 Å². The summed E-state index contributed by atoms with van der Waals surface area (Å²) in [6.45, 7) is 3.93. The summed E-state index contributed by atoms with van der Waals surface area (Å²) in [6.07, 6.45) is 1.21. The SMILES string of the molecule is CCC[C@@]12C(=O)[C@@](C)(C(c3ccccc3)=C1c1ccccc1)[C@H]1C(=O)N(c3ccccc3OC)C(=O)[C@@H]12. The van der Waals surface area contributed by atoms with Crippen LogP contribution in [0.4, 0.5) is 5.69 Å². The van der Waals surface area contributed by atoms with Crippen molar-refractivity contribution in [1.82, 2.24) is 0 Å². The molecule has 1 saturated heterocycles. The first-order chi connectivity index (χ1) is 17.9. The monoisotopic (exact) mass is 491 g/mol. The molecule has 3 aliphatic rings. The van der Waals surface area contributed by atoms with Gasteiger partial charge >= 0.3 is 0 Å². The summed E-state index contributed by atoms with van der Waals surface area (Å²) in [7, 11) is 1.53. The maximum atomic E-state index is 14.7. The Morgan fingerprint density at radius 2 is 1.30 bits per heavy atom. The van der Waals surface area contributed by atoms with Crippen molar-refractivity contribution in [2.24, 2.45) is 22.7 Å². The van der Waals surface area contributed by atoms with Gasteiger partial charge in [0, 0.05) is 0 Å². The van der Waals surface area contributed by atoms with Gasteiger partial charge in [-0.3, -0.25) is 14.4 Å². The maximum Gasteiger partial charge on any atom is 0.239 e. The highest BCUT2D eigenvalue weighted by Crippen LogP contribution is 2.75. The second kappa shape index (κ2) is 8.27. The summed E-state index contributed by atoms with van der Waals surface area (Å²) in [5, 5.41) is 0. The number of amides is 2. The summed E-state index contributed by atoms with van der Waals surface area (Å²) in [4.78, 5) is 44.5. The molecule has 6 rings (SSSR count). The number of carbonyl (C=O) groups is 3. The zero-order valence-electron chi connectivity index (χ0n) is 21.2. The van der Waals surface area contributed by atoms with Crippen LogP contribution in [0.1, 0.15) is 37.8 Å². The van der Waals surface area contributed by atoms with E-state index < -0.39 is 22.7 Å². The van der Waals surface area contributed by atoms with Crippen molar-refractivity contribution in [2.45, 2.75) is 26.7 Å². The van der Waals surface area contributed by atoms with Crippen LogP contribution >= 0.6 is 0 Å². The van der Waals surface area contributed by atoms with E-state index in [1.165, 1.54) is 12.0 Å². The molecule has 0 spiro atoms. The van der Waals surface area contributed by atoms with Crippen LogP contribution in [0.2, 0.25) is 0 Å². The van der Waals surface area contributed by atoms with E-state index in [2.05, 4.69) is 0 Å². The molecule has 3 aromatic carbocycles. The van der Waals surface area contributed by atoms with Gasteiger partial charge in [0.25, 0.3) is 0 Å². The van der Waals surface area contributed by atoms with Gasteiger partial charge in [-0.25, -0.2) is 4.90 Å². The molecule has 186 valence electrons. The van der Waals surface area contributed by atoms with Gasteiger partial charge in [-0.1, -0.05) is 86.1 Å². The largest absolute Gasteiger partial charge is 0.495 e. The molecule has 0 aromatic heterocycles. The number of hydrogen-bond acceptors (Lipinski definition) is 4. The molecule has 5 heteroatoms. The number of nitrogens with zero attached hydrogens (tertiary/aromatic N) is 1. The van der Waals surface area contributed by atoms with E-state index in [4.69, 9.17) is 4.74 Å². The van der Waals surface area contributed by atoms with E-state index in [1.807, 2.05) is 80.6 Å². The van der Waals surface area contributed by atoms with Gasteiger partial charge in [-0.15, -0.1) is 0 Å². The number of allylic oxidation sites excluding steroid dienone is 2. The van der Waals surface area contributed by atoms with Crippen molar-refractivity contribution in [1.29, 1.82) is 0 Å². The fourth-order valence-electron chi connectivity index (χ4n) is 7.41. The molecule has 5 nitrogen and oxygen atoms in total. The van der Waals surface area contributed by atoms with Crippen LogP contribution in [-0.4, -0.2) is 24.7 Å². The lowest BCUT2D eigenvalue weighted by Crippen LogP contribution is -2.41. The molecular weight excluding hydrogens is 462 g/mol. The van der Waals surface area contributed by atoms with Crippen LogP contribution in [0.3, 0.4) is 0 Å². The lowest BCUT2D eigenvalue weighted by molar-refractivity contribution is -0.134. The topological polar surface area (TPSA) is 63.7 Å². The Morgan fingerprint density at radius 1 is 0.757 bits per heavy atom. The molecule has 1 aliphatic heterocycles. The van der Waals surface area contributed by atoms with Gasteiger partial charge in [0.2, 0.25) is 11.8 Å². The Hall–Kier alpha value is -3.99. The number of carbonyl (C=O) groups excluding carboxylic acids is 3. The second-order valence-electron chi connectivity index (χ2n) is 10.4. The third-order valence-corrected chi connectivity index (χ3v) is 8.65. The summed E-state index contributed by atoms with van der Waals surface area (Å²) < 4.78 is 5.52. The number of fused-ring (bicyclic) bond motifs is 5. The number of Topliss-reactive ketones (excluding diaryl/α,β-unsaturated/α-hetero) is 1. The molecule has 37 heavy (non-hydrogen) atoms. The number of anilines is 1. The Kier molecular flexibility index (Phi) is 5.23. The smallest absolute Gasteiger partial charge is 0.239 e. The highest BCUT2D eigenvalue weighted by atomic mass is 16.5. The Balaban J connectivity index is 1.66. The molecule has 2 bridgehead atoms. The fourth-order valence-corrected chi connectivity index (χ4v) is 7.41. The van der Waals surface area contributed by atoms with Crippen LogP contribution < -0.4 is 9.64 Å². The first-order valence-corrected chi connectivity index (χ1v) is 12.8. The zero-order chi connectivity index (χ0) is 25.9. The van der Waals surface area contributed by atoms with Crippen molar-refractivity contribution < 1.29 is 19.1 Å². The minimum Gasteiger partial charge on any atom is -0.495 e. The molecule has 1 heterocycles. The molecule has 2 amide bonds. The predicted molar refractivity (Wildman–Crippen MR) is 143 cm³/mol. The van der Waals surface area contributed by atoms with Gasteiger partial charge in [0.1, 0.15) is 5.75 Å². The minimum absolute atomic E-state index is 0.00377. The Labute approximate surface area is 216 Å². The molecule has 2 fully saturated rings. The van der Waals surface area contributed by atoms with Gasteiger partial charge in [-0.05, 0) is 47.8 Å². The number of benzene rings is 3. The standard InChI is InChI=1S/C32H29NO4/c1-4-19-32-25(21-15-9-6-10-16-21)24(20-13-7-5-8-14-20)31(2,30(32)36)26-27(32)29(35)33(28(26)34)22-17-11-12-18-23(22)37-3/h5-18,26-27H,4,19H2,1-3H3/t26-,27-,31+,32-/m1/s1. The lowest BCUT2D eigenvalue weighted by atomic mass is 9.61. The first kappa shape index (κ1) is 23.4. The normalized spacial score (nSPS) is 28.3. The molecule has 3 aromatic rings. The maximum absolute atomic E-state index is 14.7. The van der Waals surface area contributed by atoms with Crippen molar-refractivity contribution >= 4 is 34.4 Å². The summed E-state index contributed by atoms with van der Waals surface area (Å²) in [5.74, 6) is -1.72. The molecule has 0 radical (unpaired) electrons. The minimum atomic E-state index is -1.13. The van der Waals surface area contributed by atoms with E-state index in [9.17, 15) is 14.4 Å². The van der Waals surface area contributed by atoms with Gasteiger partial charge in [0.15, 0.2) is 5.78 Å². The Morgan fingerprint density at radius 3 is 1.89 bits per heavy atom. The molecule has 0 unspecified atom stereocenters. The number of rotatable bonds is 6. The summed E-state index contributed by atoms with van der Waals surface area (Å²) in [6, 6.07) is 26.9. The van der Waals surface area contributed by atoms with E-state index >= 15 is 0 Å². The first-order valence-electron chi connectivity index (χ1n) is 12.8. The summed E-state index contributed by atoms with van der Waals surface area (Å²) in [5.41, 5.74) is 1.85. The third kappa shape index (κ3) is 2.83. The second-order valence-corrected chi connectivity index (χ2v) is 10.4. The summed E-state index contributed by atoms with van der Waals surface area (Å²) >= 11 is 0. The highest BCUT2D eigenvalue weighted by molar-refractivity contribution is 6.34. The number of hydrogen-bond donors (Lipinski definition) is 0. The lowest BCUT2D eigenvalue weighted by Gasteiger charge is -2.37. The predicted octanol–water partition coefficient (Wildman–Crippen LogP) is 5.80. The van der Waals surface area contributed by atoms with Crippen LogP contribution in [-0.2, 0) is 14.4 Å². The van der Waals surface area contributed by atoms with Crippen molar-refractivity contribution in [3.63, 3.8) is 0 Å². The average molecular weight is 492 g/mol. The number of ketones is 1. The zero-order valence-corrected chi connectivity index (χ0v) is 21.2. The van der Waals surface area contributed by atoms with Gasteiger partial charge in [-0.2, -0.15) is 0 Å². The van der Waals surface area contributed by atoms with Crippen LogP contribution in [0.25, 0.3) is 11.1 Å². The molecular formula is C32H29NO4. The number of methoxy groups -OCH3 is 1. The van der Waals surface area contributed by atoms with Crippen LogP contribution in [0.15, 0.2) is 84.9 Å². The van der Waals surface area contributed by atoms with Crippen molar-refractivity contribution in [2.75, 3.05) is 12.0 Å². The van der Waals surface area contributed by atoms with Gasteiger partial charge in [0.05, 0.1) is 35.5 Å². The number of ether oxygens (including phenoxy) is 1. The quantitative estimate of drug-likeness (QED) is 0.409. The third-order valence-electron chi connectivity index (χ3n) is 8.65. The van der Waals surface area contributed by atoms with Gasteiger partial charge < -0.3 is 4.74 Å². The molecule has 0 N–H and O–H groups in total. The highest BCUT2D eigenvalue weighted by Gasteiger charge is 2.80. The van der Waals surface area contributed by atoms with E-state index in [-0.39, 0.29) is 17.6 Å². The molecule has 1 saturated carbocycles. The van der Waals surface area contributed by atoms with E-state index in [0.717, 1.165) is 22.3 Å². The number of imide groups is 1.